The molecule has 0 aromatic heterocycles. The van der Waals surface area contributed by atoms with E-state index in [-0.39, 0.29) is 5.91 Å². The number of benzene rings is 1. The van der Waals surface area contributed by atoms with Crippen LogP contribution in [-0.2, 0) is 11.3 Å². The van der Waals surface area contributed by atoms with Crippen LogP contribution in [-0.4, -0.2) is 81.2 Å². The van der Waals surface area contributed by atoms with E-state index >= 15 is 0 Å². The molecule has 0 spiro atoms. The first-order valence-corrected chi connectivity index (χ1v) is 10.6. The molecule has 1 amide bonds. The molecule has 1 atom stereocenters. The smallest absolute Gasteiger partial charge is 0.253 e. The fraction of sp³-hybridized carbons (Fsp3) is 0.636. The molecule has 1 fully saturated rings. The van der Waals surface area contributed by atoms with Crippen LogP contribution in [0.1, 0.15) is 36.7 Å². The highest BCUT2D eigenvalue weighted by atomic mass is 16.5. The van der Waals surface area contributed by atoms with Crippen LogP contribution in [0.3, 0.4) is 0 Å². The molecule has 0 saturated carbocycles. The van der Waals surface area contributed by atoms with Crippen LogP contribution < -0.4 is 10.6 Å². The molecule has 1 aromatic carbocycles. The molecule has 2 N–H and O–H groups in total. The fourth-order valence-corrected chi connectivity index (χ4v) is 3.42. The number of carbonyl (C=O) groups excluding carboxylic acids is 1. The Labute approximate surface area is 175 Å². The zero-order chi connectivity index (χ0) is 21.2. The third-order valence-electron chi connectivity index (χ3n) is 5.13. The van der Waals surface area contributed by atoms with Crippen molar-refractivity contribution in [2.24, 2.45) is 10.9 Å². The van der Waals surface area contributed by atoms with Crippen molar-refractivity contribution in [2.75, 3.05) is 53.5 Å². The summed E-state index contributed by atoms with van der Waals surface area (Å²) in [6.45, 7) is 12.4. The van der Waals surface area contributed by atoms with Crippen molar-refractivity contribution in [1.29, 1.82) is 0 Å². The molecule has 7 nitrogen and oxygen atoms in total. The topological polar surface area (TPSA) is 69.2 Å². The van der Waals surface area contributed by atoms with Crippen molar-refractivity contribution >= 4 is 11.9 Å². The van der Waals surface area contributed by atoms with Crippen LogP contribution in [0.25, 0.3) is 0 Å². The van der Waals surface area contributed by atoms with Gasteiger partial charge in [-0.2, -0.15) is 0 Å². The molecule has 0 aliphatic carbocycles. The Morgan fingerprint density at radius 2 is 1.83 bits per heavy atom. The maximum Gasteiger partial charge on any atom is 0.253 e. The molecule has 1 unspecified atom stereocenters. The van der Waals surface area contributed by atoms with E-state index in [1.807, 2.05) is 24.3 Å². The molecule has 1 aromatic rings. The summed E-state index contributed by atoms with van der Waals surface area (Å²) in [5, 5.41) is 6.84. The number of nitrogens with zero attached hydrogens (tertiary/aromatic N) is 3. The standard InChI is InChI=1S/C22H37N5O2/c1-6-23-22(25-16-20(17(2)3)27-11-13-29-14-12-27)24-15-18-7-9-19(10-8-18)21(28)26(4)5/h7-10,17,20H,6,11-16H2,1-5H3,(H2,23,24,25). The summed E-state index contributed by atoms with van der Waals surface area (Å²) >= 11 is 0. The van der Waals surface area contributed by atoms with E-state index < -0.39 is 0 Å². The van der Waals surface area contributed by atoms with Crippen LogP contribution in [0, 0.1) is 5.92 Å². The zero-order valence-electron chi connectivity index (χ0n) is 18.6. The quantitative estimate of drug-likeness (QED) is 0.512. The van der Waals surface area contributed by atoms with E-state index in [0.29, 0.717) is 24.1 Å². The van der Waals surface area contributed by atoms with Gasteiger partial charge in [-0.1, -0.05) is 26.0 Å². The van der Waals surface area contributed by atoms with Crippen molar-refractivity contribution in [1.82, 2.24) is 20.4 Å². The lowest BCUT2D eigenvalue weighted by molar-refractivity contribution is 0.00752. The fourth-order valence-electron chi connectivity index (χ4n) is 3.42. The van der Waals surface area contributed by atoms with Crippen LogP contribution in [0.5, 0.6) is 0 Å². The first kappa shape index (κ1) is 23.2. The maximum atomic E-state index is 12.0. The molecule has 1 saturated heterocycles. The van der Waals surface area contributed by atoms with E-state index in [9.17, 15) is 4.79 Å². The molecule has 1 aliphatic heterocycles. The summed E-state index contributed by atoms with van der Waals surface area (Å²) in [6.07, 6.45) is 0. The largest absolute Gasteiger partial charge is 0.379 e. The van der Waals surface area contributed by atoms with Crippen molar-refractivity contribution in [2.45, 2.75) is 33.4 Å². The van der Waals surface area contributed by atoms with Gasteiger partial charge >= 0.3 is 0 Å². The van der Waals surface area contributed by atoms with E-state index in [2.05, 4.69) is 36.3 Å². The number of hydrogen-bond acceptors (Lipinski definition) is 4. The van der Waals surface area contributed by atoms with Gasteiger partial charge < -0.3 is 20.3 Å². The van der Waals surface area contributed by atoms with Gasteiger partial charge in [-0.05, 0) is 30.5 Å². The van der Waals surface area contributed by atoms with Gasteiger partial charge in [-0.15, -0.1) is 0 Å². The van der Waals surface area contributed by atoms with Gasteiger partial charge in [0.25, 0.3) is 5.91 Å². The lowest BCUT2D eigenvalue weighted by Gasteiger charge is -2.37. The van der Waals surface area contributed by atoms with Gasteiger partial charge in [0.1, 0.15) is 0 Å². The summed E-state index contributed by atoms with van der Waals surface area (Å²) in [6, 6.07) is 8.10. The number of morpholine rings is 1. The lowest BCUT2D eigenvalue weighted by atomic mass is 10.0. The third-order valence-corrected chi connectivity index (χ3v) is 5.13. The number of aliphatic imine (C=N–C) groups is 1. The molecule has 29 heavy (non-hydrogen) atoms. The Morgan fingerprint density at radius 3 is 2.38 bits per heavy atom. The molecule has 0 radical (unpaired) electrons. The highest BCUT2D eigenvalue weighted by Crippen LogP contribution is 2.12. The molecule has 162 valence electrons. The van der Waals surface area contributed by atoms with Crippen molar-refractivity contribution in [3.63, 3.8) is 0 Å². The summed E-state index contributed by atoms with van der Waals surface area (Å²) in [4.78, 5) is 20.8. The Hall–Kier alpha value is -2.12. The Balaban J connectivity index is 1.96. The van der Waals surface area contributed by atoms with Crippen LogP contribution in [0.4, 0.5) is 0 Å². The summed E-state index contributed by atoms with van der Waals surface area (Å²) in [7, 11) is 3.52. The number of nitrogens with one attached hydrogen (secondary N) is 2. The van der Waals surface area contributed by atoms with Gasteiger partial charge in [-0.25, -0.2) is 4.99 Å². The molecule has 7 heteroatoms. The number of amides is 1. The second kappa shape index (κ2) is 11.8. The van der Waals surface area contributed by atoms with Gasteiger partial charge in [0.2, 0.25) is 0 Å². The molecular formula is C22H37N5O2. The molecular weight excluding hydrogens is 366 g/mol. The average Bonchev–Trinajstić information content (AvgIpc) is 2.72. The maximum absolute atomic E-state index is 12.0. The SMILES string of the molecule is CCNC(=NCc1ccc(C(=O)N(C)C)cc1)NCC(C(C)C)N1CCOCC1. The predicted octanol–water partition coefficient (Wildman–Crippen LogP) is 1.80. The molecule has 0 bridgehead atoms. The second-order valence-electron chi connectivity index (χ2n) is 7.93. The summed E-state index contributed by atoms with van der Waals surface area (Å²) in [5.74, 6) is 1.38. The Kier molecular flexibility index (Phi) is 9.41. The van der Waals surface area contributed by atoms with Crippen molar-refractivity contribution in [3.8, 4) is 0 Å². The minimum absolute atomic E-state index is 0.0119. The molecule has 1 aliphatic rings. The Bertz CT molecular complexity index is 652. The predicted molar refractivity (Wildman–Crippen MR) is 118 cm³/mol. The first-order chi connectivity index (χ1) is 13.9. The second-order valence-corrected chi connectivity index (χ2v) is 7.93. The van der Waals surface area contributed by atoms with Gasteiger partial charge in [-0.3, -0.25) is 9.69 Å². The molecule has 1 heterocycles. The zero-order valence-corrected chi connectivity index (χ0v) is 18.6. The number of hydrogen-bond donors (Lipinski definition) is 2. The van der Waals surface area contributed by atoms with E-state index in [1.165, 1.54) is 0 Å². The lowest BCUT2D eigenvalue weighted by Crippen LogP contribution is -2.52. The van der Waals surface area contributed by atoms with Crippen LogP contribution in [0.15, 0.2) is 29.3 Å². The number of carbonyl (C=O) groups is 1. The average molecular weight is 404 g/mol. The van der Waals surface area contributed by atoms with Gasteiger partial charge in [0, 0.05) is 51.9 Å². The van der Waals surface area contributed by atoms with Crippen LogP contribution in [0.2, 0.25) is 0 Å². The van der Waals surface area contributed by atoms with Crippen LogP contribution >= 0.6 is 0 Å². The molecule has 2 rings (SSSR count). The van der Waals surface area contributed by atoms with Crippen molar-refractivity contribution < 1.29 is 9.53 Å². The first-order valence-electron chi connectivity index (χ1n) is 10.6. The van der Waals surface area contributed by atoms with Gasteiger partial charge in [0.05, 0.1) is 19.8 Å². The minimum atomic E-state index is 0.0119. The number of rotatable bonds is 8. The van der Waals surface area contributed by atoms with Crippen molar-refractivity contribution in [3.05, 3.63) is 35.4 Å². The number of guanidine groups is 1. The van der Waals surface area contributed by atoms with Gasteiger partial charge in [0.15, 0.2) is 5.96 Å². The normalized spacial score (nSPS) is 16.6. The Morgan fingerprint density at radius 1 is 1.17 bits per heavy atom. The third kappa shape index (κ3) is 7.33. The number of ether oxygens (including phenoxy) is 1. The van der Waals surface area contributed by atoms with E-state index in [0.717, 1.165) is 50.9 Å². The van der Waals surface area contributed by atoms with E-state index in [4.69, 9.17) is 9.73 Å². The highest BCUT2D eigenvalue weighted by Gasteiger charge is 2.23. The minimum Gasteiger partial charge on any atom is -0.379 e. The summed E-state index contributed by atoms with van der Waals surface area (Å²) in [5.41, 5.74) is 1.77. The van der Waals surface area contributed by atoms with E-state index in [1.54, 1.807) is 19.0 Å². The summed E-state index contributed by atoms with van der Waals surface area (Å²) < 4.78 is 5.50. The monoisotopic (exact) mass is 403 g/mol. The highest BCUT2D eigenvalue weighted by molar-refractivity contribution is 5.93.